The van der Waals surface area contributed by atoms with E-state index in [9.17, 15) is 17.6 Å². The fourth-order valence-corrected chi connectivity index (χ4v) is 7.73. The van der Waals surface area contributed by atoms with Crippen molar-refractivity contribution in [2.24, 2.45) is 11.8 Å². The number of rotatable bonds is 10. The molecule has 4 heterocycles. The van der Waals surface area contributed by atoms with Crippen molar-refractivity contribution in [3.8, 4) is 11.3 Å². The van der Waals surface area contributed by atoms with E-state index in [1.54, 1.807) is 25.6 Å². The van der Waals surface area contributed by atoms with E-state index < -0.39 is 22.0 Å². The minimum Gasteiger partial charge on any atom is -0.461 e. The topological polar surface area (TPSA) is 117 Å². The Morgan fingerprint density at radius 1 is 1.02 bits per heavy atom. The highest BCUT2D eigenvalue weighted by atomic mass is 32.2. The van der Waals surface area contributed by atoms with Gasteiger partial charge in [-0.3, -0.25) is 9.58 Å². The van der Waals surface area contributed by atoms with Crippen LogP contribution in [0.25, 0.3) is 22.2 Å². The van der Waals surface area contributed by atoms with Gasteiger partial charge in [0.1, 0.15) is 17.2 Å². The van der Waals surface area contributed by atoms with Gasteiger partial charge < -0.3 is 9.72 Å². The Morgan fingerprint density at radius 3 is 2.44 bits per heavy atom. The van der Waals surface area contributed by atoms with Gasteiger partial charge in [-0.2, -0.15) is 17.0 Å². The van der Waals surface area contributed by atoms with Crippen molar-refractivity contribution >= 4 is 27.1 Å². The number of aromatic amines is 1. The molecule has 0 atom stereocenters. The molecule has 0 bridgehead atoms. The lowest BCUT2D eigenvalue weighted by atomic mass is 9.98. The number of benzene rings is 2. The molecule has 0 radical (unpaired) electrons. The second kappa shape index (κ2) is 13.4. The van der Waals surface area contributed by atoms with Gasteiger partial charge in [-0.25, -0.2) is 9.18 Å². The maximum atomic E-state index is 14.2. The summed E-state index contributed by atoms with van der Waals surface area (Å²) in [6, 6.07) is 14.5. The molecule has 2 aromatic carbocycles. The Bertz CT molecular complexity index is 1720. The van der Waals surface area contributed by atoms with Crippen LogP contribution in [0.1, 0.15) is 42.7 Å². The van der Waals surface area contributed by atoms with Gasteiger partial charge in [0.25, 0.3) is 10.2 Å². The van der Waals surface area contributed by atoms with Gasteiger partial charge in [0, 0.05) is 68.8 Å². The van der Waals surface area contributed by atoms with Gasteiger partial charge in [-0.05, 0) is 48.4 Å². The summed E-state index contributed by atoms with van der Waals surface area (Å²) in [7, 11) is -3.52. The number of carbonyl (C=O) groups is 1. The summed E-state index contributed by atoms with van der Waals surface area (Å²) < 4.78 is 51.5. The smallest absolute Gasteiger partial charge is 0.355 e. The first-order valence-electron chi connectivity index (χ1n) is 15.6. The predicted molar refractivity (Wildman–Crippen MR) is 169 cm³/mol. The van der Waals surface area contributed by atoms with Crippen molar-refractivity contribution in [1.82, 2.24) is 33.5 Å². The van der Waals surface area contributed by atoms with Gasteiger partial charge >= 0.3 is 5.97 Å². The maximum Gasteiger partial charge on any atom is 0.355 e. The van der Waals surface area contributed by atoms with Crippen LogP contribution < -0.4 is 0 Å². The van der Waals surface area contributed by atoms with Crippen LogP contribution >= 0.6 is 0 Å². The summed E-state index contributed by atoms with van der Waals surface area (Å²) in [5.41, 5.74) is 2.94. The summed E-state index contributed by atoms with van der Waals surface area (Å²) in [6.45, 7) is 8.84. The van der Waals surface area contributed by atoms with Crippen LogP contribution in [-0.2, 0) is 28.0 Å². The average Bonchev–Trinajstić information content (AvgIpc) is 3.65. The molecule has 2 fully saturated rings. The zero-order valence-corrected chi connectivity index (χ0v) is 26.5. The van der Waals surface area contributed by atoms with Crippen molar-refractivity contribution in [2.45, 2.75) is 39.8 Å². The lowest BCUT2D eigenvalue weighted by Gasteiger charge is -2.38. The van der Waals surface area contributed by atoms with E-state index in [4.69, 9.17) is 4.74 Å². The molecular formula is C32H40FN7O4S. The number of piperidine rings is 1. The predicted octanol–water partition coefficient (Wildman–Crippen LogP) is 4.15. The molecule has 11 nitrogen and oxygen atoms in total. The first-order chi connectivity index (χ1) is 21.7. The number of ether oxygens (including phenoxy) is 1. The number of nitrogens with one attached hydrogen (secondary N) is 1. The van der Waals surface area contributed by atoms with E-state index in [1.165, 1.54) is 17.7 Å². The van der Waals surface area contributed by atoms with Crippen molar-refractivity contribution in [3.05, 3.63) is 71.8 Å². The van der Waals surface area contributed by atoms with Crippen LogP contribution in [0.15, 0.2) is 54.7 Å². The number of nitrogens with zero attached hydrogens (tertiary/aromatic N) is 6. The standard InChI is InChI=1S/C32H40FN7O4S/c1-23(2)22-44-32(41)31-30(27-18-26(33)8-9-28(27)34-31)29-21-38(36-35-29)20-25-10-12-39(13-11-25)45(42,43)40-16-14-37(15-17-40)19-24-6-4-3-5-7-24/h3-9,18,21,23,25,34H,10-17,19-20,22H2,1-2H3. The van der Waals surface area contributed by atoms with Crippen LogP contribution in [0.5, 0.6) is 0 Å². The van der Waals surface area contributed by atoms with Crippen LogP contribution in [0.4, 0.5) is 4.39 Å². The monoisotopic (exact) mass is 637 g/mol. The first-order valence-corrected chi connectivity index (χ1v) is 17.0. The normalized spacial score (nSPS) is 17.8. The van der Waals surface area contributed by atoms with Crippen molar-refractivity contribution in [3.63, 3.8) is 0 Å². The number of aromatic nitrogens is 4. The number of carbonyl (C=O) groups excluding carboxylic acids is 1. The average molecular weight is 638 g/mol. The second-order valence-corrected chi connectivity index (χ2v) is 14.3. The summed E-state index contributed by atoms with van der Waals surface area (Å²) in [4.78, 5) is 18.3. The molecular weight excluding hydrogens is 597 g/mol. The number of piperazine rings is 1. The number of esters is 1. The summed E-state index contributed by atoms with van der Waals surface area (Å²) in [5, 5.41) is 9.17. The summed E-state index contributed by atoms with van der Waals surface area (Å²) in [5.74, 6) is -0.578. The quantitative estimate of drug-likeness (QED) is 0.260. The minimum absolute atomic E-state index is 0.164. The zero-order chi connectivity index (χ0) is 31.6. The molecule has 2 aliphatic heterocycles. The molecule has 45 heavy (non-hydrogen) atoms. The summed E-state index contributed by atoms with van der Waals surface area (Å²) >= 11 is 0. The highest BCUT2D eigenvalue weighted by molar-refractivity contribution is 7.86. The minimum atomic E-state index is -3.52. The zero-order valence-electron chi connectivity index (χ0n) is 25.7. The molecule has 0 saturated carbocycles. The van der Waals surface area contributed by atoms with Gasteiger partial charge in [-0.1, -0.05) is 49.4 Å². The molecule has 13 heteroatoms. The third-order valence-corrected chi connectivity index (χ3v) is 10.6. The van der Waals surface area contributed by atoms with Gasteiger partial charge in [0.05, 0.1) is 12.8 Å². The lowest BCUT2D eigenvalue weighted by Crippen LogP contribution is -2.54. The number of hydrogen-bond donors (Lipinski definition) is 1. The SMILES string of the molecule is CC(C)COC(=O)c1[nH]c2ccc(F)cc2c1-c1cn(CC2CCN(S(=O)(=O)N3CCN(Cc4ccccc4)CC3)CC2)nn1. The van der Waals surface area contributed by atoms with Crippen molar-refractivity contribution < 1.29 is 22.3 Å². The van der Waals surface area contributed by atoms with E-state index in [2.05, 4.69) is 32.3 Å². The second-order valence-electron chi connectivity index (χ2n) is 12.4. The van der Waals surface area contributed by atoms with E-state index >= 15 is 0 Å². The molecule has 1 N–H and O–H groups in total. The number of fused-ring (bicyclic) bond motifs is 1. The Labute approximate surface area is 263 Å². The fourth-order valence-electron chi connectivity index (χ4n) is 6.11. The third-order valence-electron chi connectivity index (χ3n) is 8.56. The molecule has 4 aromatic rings. The molecule has 0 aliphatic carbocycles. The van der Waals surface area contributed by atoms with Crippen LogP contribution in [0, 0.1) is 17.7 Å². The number of hydrogen-bond acceptors (Lipinski definition) is 7. The Morgan fingerprint density at radius 2 is 1.73 bits per heavy atom. The molecule has 240 valence electrons. The van der Waals surface area contributed by atoms with Gasteiger partial charge in [-0.15, -0.1) is 5.10 Å². The highest BCUT2D eigenvalue weighted by Gasteiger charge is 2.35. The van der Waals surface area contributed by atoms with E-state index in [0.29, 0.717) is 80.8 Å². The molecule has 2 aliphatic rings. The number of halogens is 1. The molecule has 2 aromatic heterocycles. The summed E-state index contributed by atoms with van der Waals surface area (Å²) in [6.07, 6.45) is 3.16. The van der Waals surface area contributed by atoms with Crippen LogP contribution in [-0.4, -0.2) is 93.8 Å². The van der Waals surface area contributed by atoms with Crippen LogP contribution in [0.2, 0.25) is 0 Å². The van der Waals surface area contributed by atoms with E-state index in [0.717, 1.165) is 6.54 Å². The van der Waals surface area contributed by atoms with Gasteiger partial charge in [0.2, 0.25) is 0 Å². The number of H-pyrrole nitrogens is 1. The molecule has 0 unspecified atom stereocenters. The maximum absolute atomic E-state index is 14.2. The van der Waals surface area contributed by atoms with Crippen molar-refractivity contribution in [2.75, 3.05) is 45.9 Å². The molecule has 0 amide bonds. The van der Waals surface area contributed by atoms with Crippen molar-refractivity contribution in [1.29, 1.82) is 0 Å². The van der Waals surface area contributed by atoms with E-state index in [-0.39, 0.29) is 24.1 Å². The van der Waals surface area contributed by atoms with Crippen LogP contribution in [0.3, 0.4) is 0 Å². The highest BCUT2D eigenvalue weighted by Crippen LogP contribution is 2.33. The Kier molecular flexibility index (Phi) is 9.31. The first kappa shape index (κ1) is 31.3. The Hall–Kier alpha value is -3.65. The largest absolute Gasteiger partial charge is 0.461 e. The van der Waals surface area contributed by atoms with Gasteiger partial charge in [0.15, 0.2) is 0 Å². The Balaban J connectivity index is 1.07. The molecule has 2 saturated heterocycles. The van der Waals surface area contributed by atoms with E-state index in [1.807, 2.05) is 32.0 Å². The lowest BCUT2D eigenvalue weighted by molar-refractivity contribution is 0.0454. The fraction of sp³-hybridized carbons (Fsp3) is 0.469. The molecule has 6 rings (SSSR count). The third kappa shape index (κ3) is 7.11. The molecule has 0 spiro atoms.